The molecule has 1 heterocycles. The lowest BCUT2D eigenvalue weighted by Crippen LogP contribution is -2.19. The van der Waals surface area contributed by atoms with E-state index in [0.717, 1.165) is 12.3 Å². The number of rotatable bonds is 2. The van der Waals surface area contributed by atoms with Crippen molar-refractivity contribution in [3.8, 4) is 0 Å². The molecule has 14 heavy (non-hydrogen) atoms. The minimum atomic E-state index is -4.57. The summed E-state index contributed by atoms with van der Waals surface area (Å²) < 4.78 is 36.9. The van der Waals surface area contributed by atoms with Crippen LogP contribution < -0.4 is 5.73 Å². The van der Waals surface area contributed by atoms with Crippen LogP contribution in [0.5, 0.6) is 0 Å². The second-order valence-electron chi connectivity index (χ2n) is 2.55. The number of pyridine rings is 1. The molecular weight excluding hydrogens is 197 g/mol. The van der Waals surface area contributed by atoms with Crippen LogP contribution in [0.2, 0.25) is 0 Å². The Morgan fingerprint density at radius 1 is 1.50 bits per heavy atom. The fourth-order valence-electron chi connectivity index (χ4n) is 0.973. The summed E-state index contributed by atoms with van der Waals surface area (Å²) in [6, 6.07) is 1.01. The fourth-order valence-corrected chi connectivity index (χ4v) is 0.973. The maximum absolute atomic E-state index is 12.3. The first-order valence-electron chi connectivity index (χ1n) is 3.71. The molecule has 76 valence electrons. The molecule has 0 saturated carbocycles. The maximum Gasteiger partial charge on any atom is 0.418 e. The number of nitrogens with zero attached hydrogens (tertiary/aromatic N) is 1. The summed E-state index contributed by atoms with van der Waals surface area (Å²) in [6.45, 7) is -0.451. The van der Waals surface area contributed by atoms with Crippen molar-refractivity contribution >= 4 is 5.78 Å². The number of carbonyl (C=O) groups excluding carboxylic acids is 1. The zero-order valence-corrected chi connectivity index (χ0v) is 7.01. The molecule has 0 aliphatic heterocycles. The molecule has 0 amide bonds. The van der Waals surface area contributed by atoms with Gasteiger partial charge in [-0.15, -0.1) is 0 Å². The average molecular weight is 204 g/mol. The normalized spacial score (nSPS) is 11.4. The van der Waals surface area contributed by atoms with Gasteiger partial charge < -0.3 is 5.73 Å². The number of hydrogen-bond donors (Lipinski definition) is 1. The van der Waals surface area contributed by atoms with Gasteiger partial charge >= 0.3 is 6.18 Å². The number of ketones is 1. The summed E-state index contributed by atoms with van der Waals surface area (Å²) in [5, 5.41) is 0. The third-order valence-electron chi connectivity index (χ3n) is 1.61. The topological polar surface area (TPSA) is 56.0 Å². The first kappa shape index (κ1) is 10.6. The lowest BCUT2D eigenvalue weighted by Gasteiger charge is -2.09. The number of Topliss-reactive ketones (excluding diaryl/α,β-unsaturated/α-hetero) is 1. The molecule has 1 aromatic rings. The molecule has 1 rings (SSSR count). The van der Waals surface area contributed by atoms with Crippen LogP contribution in [0.1, 0.15) is 15.9 Å². The highest BCUT2D eigenvalue weighted by Crippen LogP contribution is 2.31. The van der Waals surface area contributed by atoms with Gasteiger partial charge in [0.25, 0.3) is 0 Å². The van der Waals surface area contributed by atoms with Gasteiger partial charge in [0.1, 0.15) is 0 Å². The van der Waals surface area contributed by atoms with Crippen LogP contribution >= 0.6 is 0 Å². The largest absolute Gasteiger partial charge is 0.418 e. The lowest BCUT2D eigenvalue weighted by atomic mass is 10.1. The average Bonchev–Trinajstić information content (AvgIpc) is 2.15. The quantitative estimate of drug-likeness (QED) is 0.737. The third kappa shape index (κ3) is 2.08. The van der Waals surface area contributed by atoms with Gasteiger partial charge in [0.05, 0.1) is 12.1 Å². The summed E-state index contributed by atoms with van der Waals surface area (Å²) >= 11 is 0. The number of carbonyl (C=O) groups is 1. The summed E-state index contributed by atoms with van der Waals surface area (Å²) in [7, 11) is 0. The minimum Gasteiger partial charge on any atom is -0.324 e. The minimum absolute atomic E-state index is 0.435. The Hall–Kier alpha value is -1.43. The highest BCUT2D eigenvalue weighted by Gasteiger charge is 2.34. The Kier molecular flexibility index (Phi) is 2.85. The Balaban J connectivity index is 3.23. The van der Waals surface area contributed by atoms with Gasteiger partial charge in [0, 0.05) is 18.0 Å². The molecule has 3 nitrogen and oxygen atoms in total. The molecule has 0 atom stereocenters. The van der Waals surface area contributed by atoms with Crippen LogP contribution in [-0.4, -0.2) is 17.3 Å². The van der Waals surface area contributed by atoms with E-state index < -0.39 is 29.6 Å². The SMILES string of the molecule is NCC(=O)c1ccncc1C(F)(F)F. The van der Waals surface area contributed by atoms with Crippen LogP contribution in [0.15, 0.2) is 18.5 Å². The third-order valence-corrected chi connectivity index (χ3v) is 1.61. The van der Waals surface area contributed by atoms with E-state index in [0.29, 0.717) is 6.20 Å². The summed E-state index contributed by atoms with van der Waals surface area (Å²) in [6.07, 6.45) is -2.84. The zero-order valence-electron chi connectivity index (χ0n) is 7.01. The Bertz CT molecular complexity index is 349. The fraction of sp³-hybridized carbons (Fsp3) is 0.250. The molecule has 0 spiro atoms. The predicted octanol–water partition coefficient (Wildman–Crippen LogP) is 1.24. The standard InChI is InChI=1S/C8H7F3N2O/c9-8(10,11)6-4-13-2-1-5(6)7(14)3-12/h1-2,4H,3,12H2. The predicted molar refractivity (Wildman–Crippen MR) is 42.6 cm³/mol. The number of hydrogen-bond acceptors (Lipinski definition) is 3. The first-order chi connectivity index (χ1) is 6.46. The van der Waals surface area contributed by atoms with E-state index in [-0.39, 0.29) is 0 Å². The molecule has 0 aliphatic carbocycles. The van der Waals surface area contributed by atoms with Gasteiger partial charge in [-0.3, -0.25) is 9.78 Å². The van der Waals surface area contributed by atoms with Crippen molar-refractivity contribution in [3.05, 3.63) is 29.6 Å². The number of alkyl halides is 3. The van der Waals surface area contributed by atoms with Crippen molar-refractivity contribution in [1.82, 2.24) is 4.98 Å². The monoisotopic (exact) mass is 204 g/mol. The lowest BCUT2D eigenvalue weighted by molar-refractivity contribution is -0.138. The Labute approximate surface area is 77.7 Å². The van der Waals surface area contributed by atoms with Gasteiger partial charge in [-0.2, -0.15) is 13.2 Å². The molecule has 0 fully saturated rings. The summed E-state index contributed by atoms with van der Waals surface area (Å²) in [5.41, 5.74) is 3.50. The van der Waals surface area contributed by atoms with Crippen LogP contribution in [0, 0.1) is 0 Å². The maximum atomic E-state index is 12.3. The molecule has 0 bridgehead atoms. The highest BCUT2D eigenvalue weighted by molar-refractivity contribution is 5.98. The molecule has 0 saturated heterocycles. The summed E-state index contributed by atoms with van der Waals surface area (Å²) in [4.78, 5) is 14.3. The highest BCUT2D eigenvalue weighted by atomic mass is 19.4. The Morgan fingerprint density at radius 3 is 2.64 bits per heavy atom. The van der Waals surface area contributed by atoms with Crippen LogP contribution in [-0.2, 0) is 6.18 Å². The van der Waals surface area contributed by atoms with Gasteiger partial charge in [-0.05, 0) is 6.07 Å². The molecule has 1 aromatic heterocycles. The summed E-state index contributed by atoms with van der Waals surface area (Å²) in [5.74, 6) is -0.750. The van der Waals surface area contributed by atoms with E-state index in [4.69, 9.17) is 5.73 Å². The van der Waals surface area contributed by atoms with Gasteiger partial charge in [-0.1, -0.05) is 0 Å². The second kappa shape index (κ2) is 3.75. The number of aromatic nitrogens is 1. The molecular formula is C8H7F3N2O. The van der Waals surface area contributed by atoms with Crippen molar-refractivity contribution in [1.29, 1.82) is 0 Å². The van der Waals surface area contributed by atoms with E-state index in [2.05, 4.69) is 4.98 Å². The molecule has 6 heteroatoms. The first-order valence-corrected chi connectivity index (χ1v) is 3.71. The number of halogens is 3. The van der Waals surface area contributed by atoms with Crippen LogP contribution in [0.4, 0.5) is 13.2 Å². The van der Waals surface area contributed by atoms with E-state index in [1.54, 1.807) is 0 Å². The molecule has 0 aromatic carbocycles. The van der Waals surface area contributed by atoms with Gasteiger partial charge in [0.2, 0.25) is 0 Å². The Morgan fingerprint density at radius 2 is 2.14 bits per heavy atom. The van der Waals surface area contributed by atoms with E-state index >= 15 is 0 Å². The second-order valence-corrected chi connectivity index (χ2v) is 2.55. The number of nitrogens with two attached hydrogens (primary N) is 1. The van der Waals surface area contributed by atoms with Crippen LogP contribution in [0.3, 0.4) is 0 Å². The van der Waals surface area contributed by atoms with E-state index in [9.17, 15) is 18.0 Å². The van der Waals surface area contributed by atoms with Crippen molar-refractivity contribution in [2.45, 2.75) is 6.18 Å². The molecule has 0 aliphatic rings. The molecule has 2 N–H and O–H groups in total. The van der Waals surface area contributed by atoms with E-state index in [1.807, 2.05) is 0 Å². The van der Waals surface area contributed by atoms with Crippen molar-refractivity contribution < 1.29 is 18.0 Å². The van der Waals surface area contributed by atoms with E-state index in [1.165, 1.54) is 0 Å². The molecule has 0 unspecified atom stereocenters. The van der Waals surface area contributed by atoms with Crippen LogP contribution in [0.25, 0.3) is 0 Å². The van der Waals surface area contributed by atoms with Crippen molar-refractivity contribution in [2.24, 2.45) is 5.73 Å². The zero-order chi connectivity index (χ0) is 10.8. The van der Waals surface area contributed by atoms with Gasteiger partial charge in [-0.25, -0.2) is 0 Å². The van der Waals surface area contributed by atoms with Crippen molar-refractivity contribution in [2.75, 3.05) is 6.54 Å². The van der Waals surface area contributed by atoms with Crippen molar-refractivity contribution in [3.63, 3.8) is 0 Å². The smallest absolute Gasteiger partial charge is 0.324 e. The molecule has 0 radical (unpaired) electrons. The van der Waals surface area contributed by atoms with Gasteiger partial charge in [0.15, 0.2) is 5.78 Å².